The molecule has 0 heterocycles. The molecule has 25 heavy (non-hydrogen) atoms. The molecule has 0 bridgehead atoms. The predicted molar refractivity (Wildman–Crippen MR) is 96.9 cm³/mol. The second kappa shape index (κ2) is 8.20. The largest absolute Gasteiger partial charge is 0.491 e. The van der Waals surface area contributed by atoms with Crippen LogP contribution in [0, 0.1) is 6.92 Å². The molecule has 0 radical (unpaired) electrons. The van der Waals surface area contributed by atoms with Gasteiger partial charge < -0.3 is 15.4 Å². The zero-order valence-corrected chi connectivity index (χ0v) is 14.7. The van der Waals surface area contributed by atoms with Crippen LogP contribution < -0.4 is 15.4 Å². The molecule has 0 aromatic heterocycles. The highest BCUT2D eigenvalue weighted by atomic mass is 32.1. The average molecular weight is 368 g/mol. The van der Waals surface area contributed by atoms with Crippen molar-refractivity contribution in [3.8, 4) is 5.75 Å². The highest BCUT2D eigenvalue weighted by molar-refractivity contribution is 7.80. The van der Waals surface area contributed by atoms with Crippen LogP contribution in [0.5, 0.6) is 5.75 Å². The second-order valence-electron chi connectivity index (χ2n) is 5.65. The normalized spacial score (nSPS) is 12.4. The van der Waals surface area contributed by atoms with Gasteiger partial charge in [-0.3, -0.25) is 0 Å². The fourth-order valence-corrected chi connectivity index (χ4v) is 2.43. The average Bonchev–Trinajstić information content (AvgIpc) is 2.53. The first kappa shape index (κ1) is 19.1. The van der Waals surface area contributed by atoms with Crippen LogP contribution in [-0.4, -0.2) is 17.8 Å². The molecule has 2 rings (SSSR count). The molecule has 3 nitrogen and oxygen atoms in total. The summed E-state index contributed by atoms with van der Waals surface area (Å²) in [6.45, 7) is 4.27. The number of halogens is 3. The van der Waals surface area contributed by atoms with Gasteiger partial charge in [-0.05, 0) is 62.0 Å². The lowest BCUT2D eigenvalue weighted by Crippen LogP contribution is -2.39. The lowest BCUT2D eigenvalue weighted by Gasteiger charge is -2.18. The van der Waals surface area contributed by atoms with E-state index >= 15 is 0 Å². The van der Waals surface area contributed by atoms with Crippen molar-refractivity contribution in [2.75, 3.05) is 11.9 Å². The van der Waals surface area contributed by atoms with Crippen molar-refractivity contribution in [2.45, 2.75) is 26.1 Å². The molecular weight excluding hydrogens is 349 g/mol. The fourth-order valence-electron chi connectivity index (χ4n) is 2.11. The molecular formula is C18H19F3N2OS. The summed E-state index contributed by atoms with van der Waals surface area (Å²) < 4.78 is 43.3. The first-order valence-electron chi connectivity index (χ1n) is 7.69. The summed E-state index contributed by atoms with van der Waals surface area (Å²) in [4.78, 5) is 0. The molecule has 0 spiro atoms. The van der Waals surface area contributed by atoms with Crippen molar-refractivity contribution in [1.29, 1.82) is 0 Å². The molecule has 0 fully saturated rings. The maximum Gasteiger partial charge on any atom is 0.416 e. The Morgan fingerprint density at radius 1 is 1.12 bits per heavy atom. The van der Waals surface area contributed by atoms with Gasteiger partial charge in [-0.1, -0.05) is 18.2 Å². The van der Waals surface area contributed by atoms with Crippen LogP contribution >= 0.6 is 12.2 Å². The van der Waals surface area contributed by atoms with Crippen molar-refractivity contribution in [3.63, 3.8) is 0 Å². The van der Waals surface area contributed by atoms with Gasteiger partial charge in [-0.25, -0.2) is 0 Å². The van der Waals surface area contributed by atoms with E-state index in [1.807, 2.05) is 38.1 Å². The first-order valence-corrected chi connectivity index (χ1v) is 8.10. The molecule has 2 aromatic carbocycles. The predicted octanol–water partition coefficient (Wildman–Crippen LogP) is 4.77. The Hall–Kier alpha value is -2.28. The number of para-hydroxylation sites is 1. The van der Waals surface area contributed by atoms with E-state index in [1.165, 1.54) is 12.1 Å². The third kappa shape index (κ3) is 5.94. The van der Waals surface area contributed by atoms with E-state index in [0.29, 0.717) is 17.4 Å². The van der Waals surface area contributed by atoms with Gasteiger partial charge in [0.15, 0.2) is 5.11 Å². The van der Waals surface area contributed by atoms with Crippen molar-refractivity contribution in [3.05, 3.63) is 59.7 Å². The number of aryl methyl sites for hydroxylation is 1. The minimum atomic E-state index is -4.35. The van der Waals surface area contributed by atoms with Gasteiger partial charge >= 0.3 is 6.18 Å². The number of nitrogens with one attached hydrogen (secondary N) is 2. The van der Waals surface area contributed by atoms with Crippen LogP contribution in [0.4, 0.5) is 18.9 Å². The topological polar surface area (TPSA) is 33.3 Å². The van der Waals surface area contributed by atoms with Crippen molar-refractivity contribution in [2.24, 2.45) is 0 Å². The highest BCUT2D eigenvalue weighted by Crippen LogP contribution is 2.29. The van der Waals surface area contributed by atoms with Gasteiger partial charge in [0.05, 0.1) is 11.6 Å². The van der Waals surface area contributed by atoms with Gasteiger partial charge in [-0.2, -0.15) is 13.2 Å². The van der Waals surface area contributed by atoms with E-state index in [1.54, 1.807) is 0 Å². The van der Waals surface area contributed by atoms with E-state index in [9.17, 15) is 13.2 Å². The smallest absolute Gasteiger partial charge is 0.416 e. The third-order valence-corrected chi connectivity index (χ3v) is 3.65. The summed E-state index contributed by atoms with van der Waals surface area (Å²) in [7, 11) is 0. The highest BCUT2D eigenvalue weighted by Gasteiger charge is 2.29. The first-order chi connectivity index (χ1) is 11.8. The maximum atomic E-state index is 12.5. The van der Waals surface area contributed by atoms with E-state index in [-0.39, 0.29) is 6.04 Å². The molecule has 7 heteroatoms. The van der Waals surface area contributed by atoms with E-state index in [4.69, 9.17) is 17.0 Å². The molecule has 2 N–H and O–H groups in total. The Labute approximate surface area is 150 Å². The summed E-state index contributed by atoms with van der Waals surface area (Å²) in [5.41, 5.74) is 0.828. The van der Waals surface area contributed by atoms with Crippen LogP contribution in [0.2, 0.25) is 0 Å². The van der Waals surface area contributed by atoms with Crippen molar-refractivity contribution in [1.82, 2.24) is 5.32 Å². The summed E-state index contributed by atoms with van der Waals surface area (Å²) in [6.07, 6.45) is -4.35. The van der Waals surface area contributed by atoms with Crippen molar-refractivity contribution < 1.29 is 17.9 Å². The second-order valence-corrected chi connectivity index (χ2v) is 6.06. The van der Waals surface area contributed by atoms with E-state index in [0.717, 1.165) is 23.4 Å². The lowest BCUT2D eigenvalue weighted by molar-refractivity contribution is -0.137. The Bertz CT molecular complexity index is 717. The Kier molecular flexibility index (Phi) is 6.25. The van der Waals surface area contributed by atoms with Crippen LogP contribution in [-0.2, 0) is 6.18 Å². The Morgan fingerprint density at radius 2 is 1.76 bits per heavy atom. The summed E-state index contributed by atoms with van der Waals surface area (Å²) in [5, 5.41) is 6.21. The van der Waals surface area contributed by atoms with Gasteiger partial charge in [0.25, 0.3) is 0 Å². The number of rotatable bonds is 5. The summed E-state index contributed by atoms with van der Waals surface area (Å²) >= 11 is 5.18. The lowest BCUT2D eigenvalue weighted by atomic mass is 10.2. The SMILES string of the molecule is Cc1ccccc1OCC(C)NC(=S)Nc1ccc(C(F)(F)F)cc1. The maximum absolute atomic E-state index is 12.5. The minimum absolute atomic E-state index is 0.0749. The van der Waals surface area contributed by atoms with Crippen LogP contribution in [0.1, 0.15) is 18.1 Å². The molecule has 0 saturated heterocycles. The molecule has 0 aliphatic carbocycles. The monoisotopic (exact) mass is 368 g/mol. The van der Waals surface area contributed by atoms with E-state index < -0.39 is 11.7 Å². The summed E-state index contributed by atoms with van der Waals surface area (Å²) in [6, 6.07) is 12.3. The number of thiocarbonyl (C=S) groups is 1. The number of benzene rings is 2. The van der Waals surface area contributed by atoms with Crippen LogP contribution in [0.3, 0.4) is 0 Å². The van der Waals surface area contributed by atoms with Crippen LogP contribution in [0.15, 0.2) is 48.5 Å². The Morgan fingerprint density at radius 3 is 2.36 bits per heavy atom. The standard InChI is InChI=1S/C18H19F3N2OS/c1-12-5-3-4-6-16(12)24-11-13(2)22-17(25)23-15-9-7-14(8-10-15)18(19,20)21/h3-10,13H,11H2,1-2H3,(H2,22,23,25). The number of anilines is 1. The molecule has 0 saturated carbocycles. The zero-order chi connectivity index (χ0) is 18.4. The van der Waals surface area contributed by atoms with Crippen molar-refractivity contribution >= 4 is 23.0 Å². The molecule has 1 atom stereocenters. The fraction of sp³-hybridized carbons (Fsp3) is 0.278. The molecule has 0 aliphatic heterocycles. The molecule has 134 valence electrons. The number of hydrogen-bond donors (Lipinski definition) is 2. The molecule has 2 aromatic rings. The number of ether oxygens (including phenoxy) is 1. The van der Waals surface area contributed by atoms with Crippen LogP contribution in [0.25, 0.3) is 0 Å². The van der Waals surface area contributed by atoms with E-state index in [2.05, 4.69) is 10.6 Å². The zero-order valence-electron chi connectivity index (χ0n) is 13.9. The molecule has 1 unspecified atom stereocenters. The van der Waals surface area contributed by atoms with Gasteiger partial charge in [0.1, 0.15) is 12.4 Å². The Balaban J connectivity index is 1.82. The number of alkyl halides is 3. The molecule has 0 amide bonds. The van der Waals surface area contributed by atoms with Gasteiger partial charge in [0, 0.05) is 5.69 Å². The summed E-state index contributed by atoms with van der Waals surface area (Å²) in [5.74, 6) is 0.803. The molecule has 0 aliphatic rings. The quantitative estimate of drug-likeness (QED) is 0.745. The third-order valence-electron chi connectivity index (χ3n) is 3.43. The van der Waals surface area contributed by atoms with Gasteiger partial charge in [0.2, 0.25) is 0 Å². The van der Waals surface area contributed by atoms with Gasteiger partial charge in [-0.15, -0.1) is 0 Å². The number of hydrogen-bond acceptors (Lipinski definition) is 2. The minimum Gasteiger partial charge on any atom is -0.491 e.